The number of likely N-dealkylation sites (tertiary alicyclic amines) is 1. The number of rotatable bonds is 9. The van der Waals surface area contributed by atoms with E-state index in [-0.39, 0.29) is 5.82 Å². The van der Waals surface area contributed by atoms with E-state index in [1.807, 2.05) is 30.3 Å². The normalized spacial score (nSPS) is 12.9. The number of imidazole rings is 1. The van der Waals surface area contributed by atoms with E-state index >= 15 is 0 Å². The number of fused-ring (bicyclic) bond motifs is 1. The predicted molar refractivity (Wildman–Crippen MR) is 170 cm³/mol. The summed E-state index contributed by atoms with van der Waals surface area (Å²) in [5, 5.41) is 34.1. The number of ketones is 1. The number of aromatic nitrogens is 2. The molecule has 0 radical (unpaired) electrons. The number of benzene rings is 2. The number of piperidine rings is 1. The Morgan fingerprint density at radius 3 is 2.00 bits per heavy atom. The summed E-state index contributed by atoms with van der Waals surface area (Å²) >= 11 is 1.28. The smallest absolute Gasteiger partial charge is 0.414 e. The van der Waals surface area contributed by atoms with Crippen LogP contribution >= 0.6 is 11.3 Å². The maximum absolute atomic E-state index is 13.4. The number of Topliss-reactive ketones (excluding diaryl/α,β-unsaturated/α-hetero) is 1. The van der Waals surface area contributed by atoms with Crippen LogP contribution in [0.15, 0.2) is 66.0 Å². The first kappa shape index (κ1) is 37.0. The Morgan fingerprint density at radius 1 is 0.833 bits per heavy atom. The summed E-state index contributed by atoms with van der Waals surface area (Å²) in [7, 11) is 0. The first-order chi connectivity index (χ1) is 22.8. The van der Waals surface area contributed by atoms with Crippen molar-refractivity contribution in [2.75, 3.05) is 26.2 Å². The quantitative estimate of drug-likeness (QED) is 0.127. The van der Waals surface area contributed by atoms with Gasteiger partial charge in [0.05, 0.1) is 15.9 Å². The Hall–Kier alpha value is -5.48. The minimum Gasteiger partial charge on any atom is -0.473 e. The largest absolute Gasteiger partial charge is 0.473 e. The van der Waals surface area contributed by atoms with Crippen molar-refractivity contribution < 1.29 is 53.6 Å². The van der Waals surface area contributed by atoms with E-state index in [2.05, 4.69) is 20.9 Å². The third-order valence-corrected chi connectivity index (χ3v) is 8.07. The monoisotopic (exact) mass is 684 g/mol. The first-order valence-corrected chi connectivity index (χ1v) is 15.4. The highest BCUT2D eigenvalue weighted by atomic mass is 32.1. The molecule has 16 heteroatoms. The van der Waals surface area contributed by atoms with Crippen molar-refractivity contribution >= 4 is 57.9 Å². The van der Waals surface area contributed by atoms with Crippen LogP contribution in [0.1, 0.15) is 33.9 Å². The molecular formula is C32H33FN4O10S. The second kappa shape index (κ2) is 18.0. The van der Waals surface area contributed by atoms with E-state index in [1.54, 1.807) is 17.5 Å². The number of aliphatic carboxylic acids is 4. The number of hydrogen-bond donors (Lipinski definition) is 5. The molecule has 48 heavy (non-hydrogen) atoms. The van der Waals surface area contributed by atoms with E-state index in [1.165, 1.54) is 23.5 Å². The lowest BCUT2D eigenvalue weighted by atomic mass is 9.93. The van der Waals surface area contributed by atoms with Gasteiger partial charge in [0.1, 0.15) is 11.6 Å². The Morgan fingerprint density at radius 2 is 1.44 bits per heavy atom. The van der Waals surface area contributed by atoms with Crippen LogP contribution in [0.2, 0.25) is 0 Å². The average Bonchev–Trinajstić information content (AvgIpc) is 3.72. The molecule has 0 saturated carbocycles. The number of amides is 1. The SMILES string of the molecule is O=C(NCCN1CCC(Cc2nc3ccccc3n2Cc2ccc(F)cc2)CC1)C(=O)c1cccs1.O=C(O)C(=O)O.O=C(O)C(=O)O. The van der Waals surface area contributed by atoms with Crippen LogP contribution < -0.4 is 5.32 Å². The van der Waals surface area contributed by atoms with E-state index in [9.17, 15) is 14.0 Å². The van der Waals surface area contributed by atoms with Crippen LogP contribution in [-0.2, 0) is 36.9 Å². The highest BCUT2D eigenvalue weighted by Crippen LogP contribution is 2.25. The zero-order valence-electron chi connectivity index (χ0n) is 25.5. The molecule has 1 amide bonds. The topological polar surface area (TPSA) is 216 Å². The molecule has 4 aromatic rings. The fraction of sp³-hybridized carbons (Fsp3) is 0.281. The molecule has 1 aliphatic rings. The molecule has 0 unspecified atom stereocenters. The van der Waals surface area contributed by atoms with Gasteiger partial charge in [0.2, 0.25) is 0 Å². The van der Waals surface area contributed by atoms with Crippen molar-refractivity contribution in [2.24, 2.45) is 5.92 Å². The third-order valence-electron chi connectivity index (χ3n) is 7.20. The van der Waals surface area contributed by atoms with Crippen molar-refractivity contribution in [3.8, 4) is 0 Å². The molecule has 2 aromatic heterocycles. The van der Waals surface area contributed by atoms with E-state index < -0.39 is 35.6 Å². The summed E-state index contributed by atoms with van der Waals surface area (Å²) < 4.78 is 15.6. The number of carbonyl (C=O) groups excluding carboxylic acids is 2. The number of nitrogens with one attached hydrogen (secondary N) is 1. The maximum Gasteiger partial charge on any atom is 0.414 e. The number of carboxylic acid groups (broad SMARTS) is 4. The molecular weight excluding hydrogens is 651 g/mol. The summed E-state index contributed by atoms with van der Waals surface area (Å²) in [5.74, 6) is -6.93. The summed E-state index contributed by atoms with van der Waals surface area (Å²) in [6, 6.07) is 18.3. The number of nitrogens with zero attached hydrogens (tertiary/aromatic N) is 3. The number of carbonyl (C=O) groups is 6. The minimum atomic E-state index is -1.82. The molecule has 0 bridgehead atoms. The summed E-state index contributed by atoms with van der Waals surface area (Å²) in [5.41, 5.74) is 3.14. The second-order valence-electron chi connectivity index (χ2n) is 10.5. The lowest BCUT2D eigenvalue weighted by molar-refractivity contribution is -0.159. The first-order valence-electron chi connectivity index (χ1n) is 14.5. The van der Waals surface area contributed by atoms with Crippen molar-refractivity contribution in [3.63, 3.8) is 0 Å². The zero-order chi connectivity index (χ0) is 35.2. The van der Waals surface area contributed by atoms with Crippen LogP contribution in [0, 0.1) is 11.7 Å². The van der Waals surface area contributed by atoms with Crippen LogP contribution in [0.5, 0.6) is 0 Å². The van der Waals surface area contributed by atoms with Gasteiger partial charge in [-0.3, -0.25) is 9.59 Å². The highest BCUT2D eigenvalue weighted by Gasteiger charge is 2.23. The Kier molecular flexibility index (Phi) is 13.9. The molecule has 254 valence electrons. The number of thiophene rings is 1. The molecule has 1 fully saturated rings. The maximum atomic E-state index is 13.4. The Balaban J connectivity index is 0.000000446. The molecule has 2 aromatic carbocycles. The summed E-state index contributed by atoms with van der Waals surface area (Å²) in [4.78, 5) is 68.3. The van der Waals surface area contributed by atoms with Gasteiger partial charge in [-0.1, -0.05) is 30.3 Å². The van der Waals surface area contributed by atoms with Crippen molar-refractivity contribution in [1.29, 1.82) is 0 Å². The summed E-state index contributed by atoms with van der Waals surface area (Å²) in [6.07, 6.45) is 3.01. The Bertz CT molecular complexity index is 1690. The van der Waals surface area contributed by atoms with Gasteiger partial charge >= 0.3 is 23.9 Å². The van der Waals surface area contributed by atoms with Gasteiger partial charge in [-0.2, -0.15) is 0 Å². The lowest BCUT2D eigenvalue weighted by Crippen LogP contribution is -2.41. The van der Waals surface area contributed by atoms with Gasteiger partial charge in [-0.05, 0) is 73.1 Å². The molecule has 1 aliphatic heterocycles. The number of halogens is 1. The molecule has 5 rings (SSSR count). The number of hydrogen-bond acceptors (Lipinski definition) is 9. The lowest BCUT2D eigenvalue weighted by Gasteiger charge is -2.31. The van der Waals surface area contributed by atoms with Gasteiger partial charge in [0, 0.05) is 26.1 Å². The number of carboxylic acids is 4. The van der Waals surface area contributed by atoms with Gasteiger partial charge in [0.15, 0.2) is 0 Å². The molecule has 3 heterocycles. The third kappa shape index (κ3) is 11.4. The van der Waals surface area contributed by atoms with Gasteiger partial charge in [0.25, 0.3) is 11.7 Å². The highest BCUT2D eigenvalue weighted by molar-refractivity contribution is 7.13. The van der Waals surface area contributed by atoms with E-state index in [0.717, 1.165) is 61.3 Å². The van der Waals surface area contributed by atoms with Crippen LogP contribution in [-0.4, -0.2) is 96.6 Å². The average molecular weight is 685 g/mol. The van der Waals surface area contributed by atoms with Crippen LogP contribution in [0.4, 0.5) is 4.39 Å². The molecule has 0 atom stereocenters. The Labute approximate surface area is 277 Å². The molecule has 0 spiro atoms. The molecule has 14 nitrogen and oxygen atoms in total. The minimum absolute atomic E-state index is 0.227. The second-order valence-corrected chi connectivity index (χ2v) is 11.4. The molecule has 5 N–H and O–H groups in total. The summed E-state index contributed by atoms with van der Waals surface area (Å²) in [6.45, 7) is 3.78. The molecule has 1 saturated heterocycles. The standard InChI is InChI=1S/C28H29FN4O2S.2C2H2O4/c29-22-9-7-21(8-10-22)19-33-24-5-2-1-4-23(24)31-26(33)18-20-11-14-32(15-12-20)16-13-30-28(35)27(34)25-6-3-17-36-25;2*3-1(4)2(5)6/h1-10,17,20H,11-16,18-19H2,(H,30,35);2*(H,3,4)(H,5,6). The van der Waals surface area contributed by atoms with Crippen LogP contribution in [0.3, 0.4) is 0 Å². The number of para-hydroxylation sites is 2. The van der Waals surface area contributed by atoms with Crippen molar-refractivity contribution in [2.45, 2.75) is 25.8 Å². The van der Waals surface area contributed by atoms with E-state index in [0.29, 0.717) is 23.9 Å². The van der Waals surface area contributed by atoms with Crippen LogP contribution in [0.25, 0.3) is 11.0 Å². The van der Waals surface area contributed by atoms with Gasteiger partial charge < -0.3 is 35.2 Å². The fourth-order valence-corrected chi connectivity index (χ4v) is 5.49. The van der Waals surface area contributed by atoms with Gasteiger partial charge in [-0.15, -0.1) is 11.3 Å². The zero-order valence-corrected chi connectivity index (χ0v) is 26.3. The van der Waals surface area contributed by atoms with Gasteiger partial charge in [-0.25, -0.2) is 28.6 Å². The van der Waals surface area contributed by atoms with Crippen molar-refractivity contribution in [1.82, 2.24) is 19.8 Å². The molecule has 0 aliphatic carbocycles. The van der Waals surface area contributed by atoms with Crippen molar-refractivity contribution in [3.05, 3.63) is 88.1 Å². The predicted octanol–water partition coefficient (Wildman–Crippen LogP) is 2.85. The van der Waals surface area contributed by atoms with E-state index in [4.69, 9.17) is 44.6 Å². The fourth-order valence-electron chi connectivity index (χ4n) is 4.83.